The summed E-state index contributed by atoms with van der Waals surface area (Å²) in [6.45, 7) is 8.32. The summed E-state index contributed by atoms with van der Waals surface area (Å²) in [6, 6.07) is 10.1. The van der Waals surface area contributed by atoms with Crippen LogP contribution in [0.4, 0.5) is 0 Å². The lowest BCUT2D eigenvalue weighted by molar-refractivity contribution is -0.877. The smallest absolute Gasteiger partial charge is 0.141 e. The van der Waals surface area contributed by atoms with Gasteiger partial charge in [0.25, 0.3) is 0 Å². The maximum absolute atomic E-state index is 6.32. The molecule has 0 aromatic heterocycles. The summed E-state index contributed by atoms with van der Waals surface area (Å²) < 4.78 is 0.820. The topological polar surface area (TPSA) is 0 Å². The van der Waals surface area contributed by atoms with Crippen LogP contribution in [-0.2, 0) is 0 Å². The molecule has 0 fully saturated rings. The van der Waals surface area contributed by atoms with E-state index in [1.807, 2.05) is 30.3 Å². The SMILES string of the molecule is CC(C)(C)C/C(Cl)=C/C[N+](C)(C)CC#Cc1ccccc1.[Cl-]. The first-order chi connectivity index (χ1) is 9.68. The van der Waals surface area contributed by atoms with Crippen LogP contribution in [-0.4, -0.2) is 31.7 Å². The van der Waals surface area contributed by atoms with E-state index in [0.29, 0.717) is 0 Å². The fourth-order valence-corrected chi connectivity index (χ4v) is 2.34. The second-order valence-electron chi connectivity index (χ2n) is 7.33. The van der Waals surface area contributed by atoms with Crippen molar-refractivity contribution in [3.8, 4) is 11.8 Å². The Hall–Kier alpha value is -0.940. The molecule has 0 N–H and O–H groups in total. The highest BCUT2D eigenvalue weighted by molar-refractivity contribution is 6.29. The van der Waals surface area contributed by atoms with Crippen LogP contribution in [0.25, 0.3) is 0 Å². The zero-order valence-electron chi connectivity index (χ0n) is 14.3. The number of hydrogen-bond donors (Lipinski definition) is 0. The van der Waals surface area contributed by atoms with Crippen LogP contribution >= 0.6 is 11.6 Å². The van der Waals surface area contributed by atoms with Gasteiger partial charge in [0.15, 0.2) is 0 Å². The van der Waals surface area contributed by atoms with Crippen LogP contribution in [0.5, 0.6) is 0 Å². The van der Waals surface area contributed by atoms with Gasteiger partial charge < -0.3 is 16.9 Å². The molecule has 0 radical (unpaired) electrons. The van der Waals surface area contributed by atoms with Gasteiger partial charge in [-0.3, -0.25) is 0 Å². The molecule has 0 heterocycles. The van der Waals surface area contributed by atoms with E-state index in [1.165, 1.54) is 0 Å². The van der Waals surface area contributed by atoms with E-state index in [-0.39, 0.29) is 17.8 Å². The molecular formula is C19H27Cl2N. The average Bonchev–Trinajstić information content (AvgIpc) is 2.36. The largest absolute Gasteiger partial charge is 1.00 e. The molecule has 0 aliphatic rings. The summed E-state index contributed by atoms with van der Waals surface area (Å²) in [5, 5.41) is 0.949. The van der Waals surface area contributed by atoms with Gasteiger partial charge in [0.05, 0.1) is 20.6 Å². The van der Waals surface area contributed by atoms with Gasteiger partial charge >= 0.3 is 0 Å². The first-order valence-electron chi connectivity index (χ1n) is 7.38. The number of nitrogens with zero attached hydrogens (tertiary/aromatic N) is 1. The number of halogens is 2. The highest BCUT2D eigenvalue weighted by Gasteiger charge is 2.15. The number of rotatable bonds is 4. The second-order valence-corrected chi connectivity index (χ2v) is 7.82. The van der Waals surface area contributed by atoms with Crippen molar-refractivity contribution < 1.29 is 16.9 Å². The fraction of sp³-hybridized carbons (Fsp3) is 0.474. The zero-order chi connectivity index (χ0) is 15.9. The molecular weight excluding hydrogens is 313 g/mol. The standard InChI is InChI=1S/C19H27ClN.ClH/c1-19(2,3)16-18(20)13-15-21(4,5)14-9-12-17-10-7-6-8-11-17;/h6-8,10-11,13H,14-16H2,1-5H3;1H/q+1;/p-1/b18-13-;. The van der Waals surface area contributed by atoms with Gasteiger partial charge in [-0.05, 0) is 36.0 Å². The number of likely N-dealkylation sites (N-methyl/N-ethyl adjacent to an activating group) is 1. The molecule has 0 spiro atoms. The molecule has 1 rings (SSSR count). The Morgan fingerprint density at radius 2 is 1.77 bits per heavy atom. The lowest BCUT2D eigenvalue weighted by Crippen LogP contribution is -3.00. The lowest BCUT2D eigenvalue weighted by Gasteiger charge is -2.26. The summed E-state index contributed by atoms with van der Waals surface area (Å²) in [5.41, 5.74) is 1.30. The van der Waals surface area contributed by atoms with E-state index in [2.05, 4.69) is 52.8 Å². The number of quaternary nitrogens is 1. The first kappa shape index (κ1) is 21.1. The second kappa shape index (κ2) is 9.26. The van der Waals surface area contributed by atoms with Gasteiger partial charge in [-0.1, -0.05) is 56.5 Å². The highest BCUT2D eigenvalue weighted by Crippen LogP contribution is 2.26. The number of hydrogen-bond acceptors (Lipinski definition) is 0. The van der Waals surface area contributed by atoms with Crippen molar-refractivity contribution in [1.82, 2.24) is 0 Å². The fourth-order valence-electron chi connectivity index (χ4n) is 1.87. The van der Waals surface area contributed by atoms with E-state index >= 15 is 0 Å². The van der Waals surface area contributed by atoms with Crippen molar-refractivity contribution in [2.75, 3.05) is 27.2 Å². The molecule has 0 bridgehead atoms. The van der Waals surface area contributed by atoms with E-state index in [9.17, 15) is 0 Å². The van der Waals surface area contributed by atoms with Crippen molar-refractivity contribution in [2.45, 2.75) is 27.2 Å². The van der Waals surface area contributed by atoms with Crippen LogP contribution in [0.1, 0.15) is 32.8 Å². The molecule has 0 atom stereocenters. The number of benzene rings is 1. The van der Waals surface area contributed by atoms with Gasteiger partial charge in [0, 0.05) is 10.6 Å². The monoisotopic (exact) mass is 339 g/mol. The maximum Gasteiger partial charge on any atom is 0.141 e. The van der Waals surface area contributed by atoms with Gasteiger partial charge in [-0.25, -0.2) is 0 Å². The molecule has 0 amide bonds. The summed E-state index contributed by atoms with van der Waals surface area (Å²) >= 11 is 6.32. The normalized spacial score (nSPS) is 12.2. The van der Waals surface area contributed by atoms with Gasteiger partial charge in [-0.15, -0.1) is 0 Å². The van der Waals surface area contributed by atoms with E-state index in [4.69, 9.17) is 11.6 Å². The maximum atomic E-state index is 6.32. The van der Waals surface area contributed by atoms with E-state index < -0.39 is 0 Å². The minimum absolute atomic E-state index is 0. The summed E-state index contributed by atoms with van der Waals surface area (Å²) in [5.74, 6) is 6.47. The predicted molar refractivity (Wildman–Crippen MR) is 93.2 cm³/mol. The Morgan fingerprint density at radius 3 is 2.32 bits per heavy atom. The Morgan fingerprint density at radius 1 is 1.18 bits per heavy atom. The Kier molecular flexibility index (Phi) is 8.86. The minimum atomic E-state index is 0. The average molecular weight is 340 g/mol. The van der Waals surface area contributed by atoms with Crippen molar-refractivity contribution >= 4 is 11.6 Å². The van der Waals surface area contributed by atoms with Crippen molar-refractivity contribution in [3.63, 3.8) is 0 Å². The van der Waals surface area contributed by atoms with E-state index in [0.717, 1.165) is 34.6 Å². The van der Waals surface area contributed by atoms with Crippen molar-refractivity contribution in [1.29, 1.82) is 0 Å². The molecule has 1 aromatic rings. The summed E-state index contributed by atoms with van der Waals surface area (Å²) in [4.78, 5) is 0. The van der Waals surface area contributed by atoms with Gasteiger partial charge in [-0.2, -0.15) is 0 Å². The highest BCUT2D eigenvalue weighted by atomic mass is 35.5. The molecule has 0 unspecified atom stereocenters. The van der Waals surface area contributed by atoms with E-state index in [1.54, 1.807) is 0 Å². The number of allylic oxidation sites excluding steroid dienone is 1. The van der Waals surface area contributed by atoms with Crippen LogP contribution in [0.3, 0.4) is 0 Å². The zero-order valence-corrected chi connectivity index (χ0v) is 15.8. The molecule has 0 aliphatic heterocycles. The van der Waals surface area contributed by atoms with Crippen molar-refractivity contribution in [3.05, 3.63) is 47.0 Å². The Balaban J connectivity index is 0.00000441. The summed E-state index contributed by atoms with van der Waals surface area (Å²) in [7, 11) is 4.36. The third kappa shape index (κ3) is 9.90. The van der Waals surface area contributed by atoms with Gasteiger partial charge in [0.2, 0.25) is 0 Å². The van der Waals surface area contributed by atoms with Crippen LogP contribution in [0.15, 0.2) is 41.4 Å². The molecule has 1 nitrogen and oxygen atoms in total. The van der Waals surface area contributed by atoms with Crippen molar-refractivity contribution in [2.24, 2.45) is 5.41 Å². The molecule has 0 saturated heterocycles. The quantitative estimate of drug-likeness (QED) is 0.578. The molecule has 1 aromatic carbocycles. The summed E-state index contributed by atoms with van der Waals surface area (Å²) in [6.07, 6.45) is 3.06. The van der Waals surface area contributed by atoms with Crippen LogP contribution in [0.2, 0.25) is 0 Å². The molecule has 3 heteroatoms. The Labute approximate surface area is 147 Å². The molecule has 0 saturated carbocycles. The minimum Gasteiger partial charge on any atom is -1.00 e. The molecule has 122 valence electrons. The van der Waals surface area contributed by atoms with Crippen LogP contribution in [0, 0.1) is 17.3 Å². The molecule has 22 heavy (non-hydrogen) atoms. The van der Waals surface area contributed by atoms with Crippen LogP contribution < -0.4 is 12.4 Å². The Bertz CT molecular complexity index is 528. The van der Waals surface area contributed by atoms with Gasteiger partial charge in [0.1, 0.15) is 6.54 Å². The first-order valence-corrected chi connectivity index (χ1v) is 7.76. The predicted octanol–water partition coefficient (Wildman–Crippen LogP) is 1.68. The third-order valence-corrected chi connectivity index (χ3v) is 3.31. The third-order valence-electron chi connectivity index (χ3n) is 3.02. The lowest BCUT2D eigenvalue weighted by atomic mass is 9.92. The molecule has 0 aliphatic carbocycles.